The van der Waals surface area contributed by atoms with Crippen LogP contribution in [0.4, 0.5) is 17.6 Å². The molecule has 6 aromatic rings. The molecule has 1 aromatic heterocycles. The number of benzene rings is 5. The van der Waals surface area contributed by atoms with Gasteiger partial charge >= 0.3 is 12.6 Å². The van der Waals surface area contributed by atoms with Crippen LogP contribution >= 0.6 is 0 Å². The van der Waals surface area contributed by atoms with Gasteiger partial charge in [0.05, 0.1) is 18.4 Å². The van der Waals surface area contributed by atoms with Crippen LogP contribution in [0.3, 0.4) is 0 Å². The van der Waals surface area contributed by atoms with E-state index >= 15 is 0 Å². The second kappa shape index (κ2) is 20.1. The normalized spacial score (nSPS) is 10.7. The fraction of sp³-hybridized carbons (Fsp3) is 0.213. The monoisotopic (exact) mass is 809 g/mol. The lowest BCUT2D eigenvalue weighted by Crippen LogP contribution is -2.11. The maximum atomic E-state index is 13.3. The predicted octanol–water partition coefficient (Wildman–Crippen LogP) is 11.1. The van der Waals surface area contributed by atoms with Crippen LogP contribution in [0.25, 0.3) is 16.9 Å². The molecule has 5 aromatic carbocycles. The molecule has 0 aliphatic rings. The second-order valence-electron chi connectivity index (χ2n) is 13.7. The third-order valence-electron chi connectivity index (χ3n) is 9.08. The molecule has 1 heterocycles. The maximum Gasteiger partial charge on any atom is 0.387 e. The van der Waals surface area contributed by atoms with E-state index in [4.69, 9.17) is 14.2 Å². The minimum absolute atomic E-state index is 0.0141. The standard InChI is InChI=1S/C28H24F3NO4.C19H19FO3/c1-17-4-12-25(35-16-19-6-8-20(29)9-7-19)22(14-17)24-11-5-18(2)32(24)21-10-13-26(36-28(30)31)23(15-21)27(33)34-3;1-13-3-10-19(17(11-13)18(22)9-4-14(2)21)23-12-15-5-7-16(20)8-6-15/h4-15,28H,16H2,1-3H3;3,5-8,10-11H,4,9,12H2,1-2H3. The molecule has 0 aliphatic heterocycles. The summed E-state index contributed by atoms with van der Waals surface area (Å²) in [4.78, 5) is 35.7. The van der Waals surface area contributed by atoms with Crippen molar-refractivity contribution < 1.29 is 50.9 Å². The first-order valence-corrected chi connectivity index (χ1v) is 18.6. The summed E-state index contributed by atoms with van der Waals surface area (Å²) in [6.07, 6.45) is 0.399. The minimum atomic E-state index is -3.09. The Morgan fingerprint density at radius 1 is 0.627 bits per heavy atom. The number of halogens is 4. The van der Waals surface area contributed by atoms with E-state index in [-0.39, 0.29) is 60.6 Å². The molecule has 8 nitrogen and oxygen atoms in total. The lowest BCUT2D eigenvalue weighted by Gasteiger charge is -2.18. The van der Waals surface area contributed by atoms with E-state index in [9.17, 15) is 31.9 Å². The van der Waals surface area contributed by atoms with Gasteiger partial charge in [0.25, 0.3) is 0 Å². The molecule has 59 heavy (non-hydrogen) atoms. The molecule has 0 unspecified atom stereocenters. The molecular weight excluding hydrogens is 767 g/mol. The molecule has 0 spiro atoms. The van der Waals surface area contributed by atoms with Crippen molar-refractivity contribution in [3.05, 3.63) is 166 Å². The van der Waals surface area contributed by atoms with Crippen LogP contribution in [0.2, 0.25) is 0 Å². The van der Waals surface area contributed by atoms with Crippen molar-refractivity contribution in [1.82, 2.24) is 4.57 Å². The Morgan fingerprint density at radius 2 is 1.19 bits per heavy atom. The quantitative estimate of drug-likeness (QED) is 0.0579. The second-order valence-corrected chi connectivity index (χ2v) is 13.7. The lowest BCUT2D eigenvalue weighted by atomic mass is 10.0. The molecular formula is C47H43F4NO7. The number of carbonyl (C=O) groups is 3. The summed E-state index contributed by atoms with van der Waals surface area (Å²) in [5.41, 5.74) is 6.89. The summed E-state index contributed by atoms with van der Waals surface area (Å²) in [7, 11) is 1.17. The number of nitrogens with zero attached hydrogens (tertiary/aromatic N) is 1. The van der Waals surface area contributed by atoms with Crippen LogP contribution in [0, 0.1) is 32.4 Å². The van der Waals surface area contributed by atoms with Crippen molar-refractivity contribution in [3.63, 3.8) is 0 Å². The van der Waals surface area contributed by atoms with Crippen LogP contribution in [0.5, 0.6) is 17.2 Å². The van der Waals surface area contributed by atoms with E-state index in [0.29, 0.717) is 22.7 Å². The van der Waals surface area contributed by atoms with Gasteiger partial charge in [0.2, 0.25) is 0 Å². The lowest BCUT2D eigenvalue weighted by molar-refractivity contribution is -0.117. The molecule has 0 atom stereocenters. The van der Waals surface area contributed by atoms with Gasteiger partial charge in [0.15, 0.2) is 5.78 Å². The highest BCUT2D eigenvalue weighted by Crippen LogP contribution is 2.36. The topological polar surface area (TPSA) is 93.1 Å². The predicted molar refractivity (Wildman–Crippen MR) is 216 cm³/mol. The molecule has 306 valence electrons. The first-order valence-electron chi connectivity index (χ1n) is 18.6. The summed E-state index contributed by atoms with van der Waals surface area (Å²) in [6, 6.07) is 31.4. The number of esters is 1. The third kappa shape index (κ3) is 11.9. The van der Waals surface area contributed by atoms with E-state index in [1.165, 1.54) is 50.4 Å². The number of rotatable bonds is 15. The SMILES string of the molecule is CC(=O)CCC(=O)c1cc(C)ccc1OCc1ccc(F)cc1.COC(=O)c1cc(-n2c(C)ccc2-c2cc(C)ccc2OCc2ccc(F)cc2)ccc1OC(F)F. The van der Waals surface area contributed by atoms with Gasteiger partial charge in [-0.3, -0.25) is 4.79 Å². The van der Waals surface area contributed by atoms with E-state index in [0.717, 1.165) is 39.2 Å². The third-order valence-corrected chi connectivity index (χ3v) is 9.08. The Bertz CT molecular complexity index is 2410. The number of alkyl halides is 2. The minimum Gasteiger partial charge on any atom is -0.488 e. The van der Waals surface area contributed by atoms with Gasteiger partial charge in [0.1, 0.15) is 53.4 Å². The Balaban J connectivity index is 0.000000248. The number of methoxy groups -OCH3 is 1. The summed E-state index contributed by atoms with van der Waals surface area (Å²) < 4.78 is 74.9. The zero-order valence-electron chi connectivity index (χ0n) is 33.2. The Labute approximate surface area is 339 Å². The number of hydrogen-bond acceptors (Lipinski definition) is 7. The molecule has 0 aliphatic carbocycles. The zero-order chi connectivity index (χ0) is 42.6. The highest BCUT2D eigenvalue weighted by atomic mass is 19.3. The number of ketones is 2. The van der Waals surface area contributed by atoms with Crippen molar-refractivity contribution in [2.75, 3.05) is 7.11 Å². The van der Waals surface area contributed by atoms with Crippen molar-refractivity contribution in [3.8, 4) is 34.2 Å². The Morgan fingerprint density at radius 3 is 1.76 bits per heavy atom. The largest absolute Gasteiger partial charge is 0.488 e. The molecule has 0 N–H and O–H groups in total. The molecule has 0 amide bonds. The molecule has 0 radical (unpaired) electrons. The first-order chi connectivity index (χ1) is 28.2. The number of hydrogen-bond donors (Lipinski definition) is 0. The number of ether oxygens (including phenoxy) is 4. The van der Waals surface area contributed by atoms with Crippen molar-refractivity contribution in [2.45, 2.75) is 60.4 Å². The summed E-state index contributed by atoms with van der Waals surface area (Å²) >= 11 is 0. The van der Waals surface area contributed by atoms with E-state index < -0.39 is 12.6 Å². The number of carbonyl (C=O) groups excluding carboxylic acids is 3. The van der Waals surface area contributed by atoms with E-state index in [1.54, 1.807) is 42.5 Å². The number of aromatic nitrogens is 1. The molecule has 0 saturated heterocycles. The van der Waals surface area contributed by atoms with Gasteiger partial charge in [0, 0.05) is 29.8 Å². The van der Waals surface area contributed by atoms with Crippen LogP contribution < -0.4 is 14.2 Å². The van der Waals surface area contributed by atoms with Gasteiger partial charge in [-0.05, 0) is 118 Å². The van der Waals surface area contributed by atoms with Gasteiger partial charge in [-0.1, -0.05) is 47.5 Å². The number of Topliss-reactive ketones (excluding diaryl/α,β-unsaturated/α-hetero) is 2. The van der Waals surface area contributed by atoms with Gasteiger partial charge in [-0.2, -0.15) is 8.78 Å². The zero-order valence-corrected chi connectivity index (χ0v) is 33.2. The summed E-state index contributed by atoms with van der Waals surface area (Å²) in [6.45, 7) is 4.61. The molecule has 0 saturated carbocycles. The van der Waals surface area contributed by atoms with E-state index in [1.807, 2.05) is 61.7 Å². The van der Waals surface area contributed by atoms with Crippen LogP contribution in [-0.4, -0.2) is 35.8 Å². The Kier molecular flexibility index (Phi) is 14.8. The molecule has 0 fully saturated rings. The average molecular weight is 810 g/mol. The average Bonchev–Trinajstić information content (AvgIpc) is 3.60. The fourth-order valence-corrected chi connectivity index (χ4v) is 6.08. The molecule has 6 rings (SSSR count). The van der Waals surface area contributed by atoms with Gasteiger partial charge in [-0.15, -0.1) is 0 Å². The highest BCUT2D eigenvalue weighted by molar-refractivity contribution is 6.00. The number of aryl methyl sites for hydroxylation is 3. The van der Waals surface area contributed by atoms with Crippen molar-refractivity contribution in [2.24, 2.45) is 0 Å². The van der Waals surface area contributed by atoms with Gasteiger partial charge in [-0.25, -0.2) is 13.6 Å². The van der Waals surface area contributed by atoms with Crippen molar-refractivity contribution >= 4 is 17.5 Å². The fourth-order valence-electron chi connectivity index (χ4n) is 6.08. The van der Waals surface area contributed by atoms with Crippen LogP contribution in [0.1, 0.15) is 68.4 Å². The first kappa shape index (κ1) is 43.4. The highest BCUT2D eigenvalue weighted by Gasteiger charge is 2.21. The summed E-state index contributed by atoms with van der Waals surface area (Å²) in [5, 5.41) is 0. The maximum absolute atomic E-state index is 13.3. The Hall–Kier alpha value is -6.69. The summed E-state index contributed by atoms with van der Waals surface area (Å²) in [5.74, 6) is -0.728. The molecule has 12 heteroatoms. The van der Waals surface area contributed by atoms with Gasteiger partial charge < -0.3 is 28.3 Å². The smallest absolute Gasteiger partial charge is 0.387 e. The van der Waals surface area contributed by atoms with Crippen LogP contribution in [-0.2, 0) is 22.7 Å². The molecule has 0 bridgehead atoms. The van der Waals surface area contributed by atoms with Crippen LogP contribution in [0.15, 0.2) is 115 Å². The van der Waals surface area contributed by atoms with Crippen molar-refractivity contribution in [1.29, 1.82) is 0 Å². The van der Waals surface area contributed by atoms with E-state index in [2.05, 4.69) is 4.74 Å².